The van der Waals surface area contributed by atoms with E-state index in [4.69, 9.17) is 4.74 Å². The number of ether oxygens (including phenoxy) is 1. The Labute approximate surface area is 147 Å². The van der Waals surface area contributed by atoms with Gasteiger partial charge in [-0.05, 0) is 73.0 Å². The molecule has 0 aromatic heterocycles. The molecule has 1 heterocycles. The lowest BCUT2D eigenvalue weighted by Gasteiger charge is -2.30. The van der Waals surface area contributed by atoms with Gasteiger partial charge in [0.2, 0.25) is 0 Å². The van der Waals surface area contributed by atoms with Crippen molar-refractivity contribution < 1.29 is 26.8 Å². The summed E-state index contributed by atoms with van der Waals surface area (Å²) < 4.78 is 6.47. The average molecular weight is 424 g/mol. The smallest absolute Gasteiger partial charge is 0.338 e. The Hall–Kier alpha value is -0.330. The zero-order chi connectivity index (χ0) is 14.4. The topological polar surface area (TPSA) is 30.7 Å². The summed E-state index contributed by atoms with van der Waals surface area (Å²) in [4.78, 5) is 13.5. The minimum atomic E-state index is -0.205. The van der Waals surface area contributed by atoms with Crippen LogP contribution in [0.3, 0.4) is 0 Å². The van der Waals surface area contributed by atoms with Crippen LogP contribution in [-0.2, 0) is 4.74 Å². The Kier molecular flexibility index (Phi) is 8.59. The number of esters is 1. The monoisotopic (exact) mass is 423 g/mol. The zero-order valence-electron chi connectivity index (χ0n) is 12.4. The first-order valence-corrected chi connectivity index (χ1v) is 8.52. The summed E-state index contributed by atoms with van der Waals surface area (Å²) in [6.07, 6.45) is 4.99. The summed E-state index contributed by atoms with van der Waals surface area (Å²) in [6, 6.07) is 8.26. The van der Waals surface area contributed by atoms with Crippen LogP contribution >= 0.6 is 22.6 Å². The summed E-state index contributed by atoms with van der Waals surface area (Å²) in [5.74, 6) is -0.205. The summed E-state index contributed by atoms with van der Waals surface area (Å²) in [6.45, 7) is 5.24. The van der Waals surface area contributed by atoms with Crippen molar-refractivity contribution in [1.82, 2.24) is 0 Å². The third kappa shape index (κ3) is 6.12. The molecule has 2 rings (SSSR count). The van der Waals surface area contributed by atoms with Crippen LogP contribution in [-0.4, -0.2) is 31.7 Å². The number of benzene rings is 1. The van der Waals surface area contributed by atoms with Gasteiger partial charge in [-0.3, -0.25) is 0 Å². The highest BCUT2D eigenvalue weighted by Gasteiger charge is 2.21. The van der Waals surface area contributed by atoms with Gasteiger partial charge in [-0.1, -0.05) is 0 Å². The minimum absolute atomic E-state index is 0. The first-order chi connectivity index (χ1) is 9.66. The number of piperidine rings is 1. The van der Waals surface area contributed by atoms with Crippen molar-refractivity contribution in [3.8, 4) is 0 Å². The van der Waals surface area contributed by atoms with E-state index in [0.717, 1.165) is 22.6 Å². The van der Waals surface area contributed by atoms with Crippen LogP contribution in [0.15, 0.2) is 24.3 Å². The fourth-order valence-electron chi connectivity index (χ4n) is 2.76. The fourth-order valence-corrected chi connectivity index (χ4v) is 3.12. The highest BCUT2D eigenvalue weighted by Crippen LogP contribution is 2.08. The molecule has 21 heavy (non-hydrogen) atoms. The molecule has 0 bridgehead atoms. The zero-order valence-corrected chi connectivity index (χ0v) is 15.3. The first kappa shape index (κ1) is 18.7. The molecule has 1 aliphatic heterocycles. The van der Waals surface area contributed by atoms with Crippen LogP contribution in [0.25, 0.3) is 0 Å². The molecule has 118 valence electrons. The molecule has 0 saturated carbocycles. The predicted molar refractivity (Wildman–Crippen MR) is 88.1 cm³/mol. The molecule has 0 spiro atoms. The molecule has 2 unspecified atom stereocenters. The van der Waals surface area contributed by atoms with E-state index in [1.165, 1.54) is 25.8 Å². The number of halogens is 2. The molecule has 3 nitrogen and oxygen atoms in total. The van der Waals surface area contributed by atoms with Crippen LogP contribution in [0.4, 0.5) is 0 Å². The number of hydrogen-bond donors (Lipinski definition) is 1. The third-order valence-electron chi connectivity index (χ3n) is 4.04. The molecule has 0 aliphatic carbocycles. The molecule has 1 aromatic rings. The number of carbonyl (C=O) groups is 1. The number of nitrogens with one attached hydrogen (secondary N) is 1. The van der Waals surface area contributed by atoms with Crippen LogP contribution in [0.1, 0.15) is 43.0 Å². The largest absolute Gasteiger partial charge is 1.00 e. The second-order valence-corrected chi connectivity index (χ2v) is 6.80. The van der Waals surface area contributed by atoms with Crippen LogP contribution in [0.5, 0.6) is 0 Å². The van der Waals surface area contributed by atoms with E-state index in [9.17, 15) is 4.79 Å². The van der Waals surface area contributed by atoms with Crippen LogP contribution in [0.2, 0.25) is 0 Å². The van der Waals surface area contributed by atoms with Gasteiger partial charge in [0.25, 0.3) is 0 Å². The maximum absolute atomic E-state index is 11.8. The molecule has 2 atom stereocenters. The summed E-state index contributed by atoms with van der Waals surface area (Å²) >= 11 is 2.23. The second kappa shape index (κ2) is 9.64. The van der Waals surface area contributed by atoms with Gasteiger partial charge in [0.05, 0.1) is 31.3 Å². The lowest BCUT2D eigenvalue weighted by molar-refractivity contribution is -0.928. The van der Waals surface area contributed by atoms with E-state index in [1.54, 1.807) is 4.90 Å². The molecule has 1 aliphatic rings. The Morgan fingerprint density at radius 2 is 2.05 bits per heavy atom. The van der Waals surface area contributed by atoms with Crippen molar-refractivity contribution in [3.05, 3.63) is 33.4 Å². The van der Waals surface area contributed by atoms with E-state index in [2.05, 4.69) is 29.5 Å². The molecule has 0 radical (unpaired) electrons. The lowest BCUT2D eigenvalue weighted by atomic mass is 10.0. The van der Waals surface area contributed by atoms with Gasteiger partial charge in [-0.25, -0.2) is 4.79 Å². The SMILES string of the molecule is CC1CCCC[NH+]1CCCOC(=O)c1ccc(I)cc1.[Cl-]. The normalized spacial score (nSPS) is 21.4. The van der Waals surface area contributed by atoms with Crippen LogP contribution in [0, 0.1) is 3.57 Å². The van der Waals surface area contributed by atoms with Crippen molar-refractivity contribution >= 4 is 28.6 Å². The van der Waals surface area contributed by atoms with E-state index in [1.807, 2.05) is 24.3 Å². The summed E-state index contributed by atoms with van der Waals surface area (Å²) in [7, 11) is 0. The quantitative estimate of drug-likeness (QED) is 0.386. The molecule has 0 amide bonds. The fraction of sp³-hybridized carbons (Fsp3) is 0.562. The summed E-state index contributed by atoms with van der Waals surface area (Å²) in [5, 5.41) is 0. The van der Waals surface area contributed by atoms with Crippen molar-refractivity contribution in [1.29, 1.82) is 0 Å². The molecule has 1 saturated heterocycles. The number of carbonyl (C=O) groups excluding carboxylic acids is 1. The maximum atomic E-state index is 11.8. The van der Waals surface area contributed by atoms with E-state index in [-0.39, 0.29) is 18.4 Å². The Bertz CT molecular complexity index is 438. The standard InChI is InChI=1S/C16H22INO2.ClH/c1-13-5-2-3-10-18(13)11-4-12-20-16(19)14-6-8-15(17)9-7-14;/h6-9,13H,2-5,10-12H2,1H3;1H. The second-order valence-electron chi connectivity index (χ2n) is 5.55. The van der Waals surface area contributed by atoms with Gasteiger partial charge in [-0.2, -0.15) is 0 Å². The molecule has 1 fully saturated rings. The number of rotatable bonds is 5. The third-order valence-corrected chi connectivity index (χ3v) is 4.76. The molecular weight excluding hydrogens is 401 g/mol. The van der Waals surface area contributed by atoms with Gasteiger partial charge in [0.15, 0.2) is 0 Å². The van der Waals surface area contributed by atoms with Crippen LogP contribution < -0.4 is 17.3 Å². The van der Waals surface area contributed by atoms with Crippen molar-refractivity contribution in [3.63, 3.8) is 0 Å². The molecule has 1 N–H and O–H groups in total. The minimum Gasteiger partial charge on any atom is -1.00 e. The Morgan fingerprint density at radius 3 is 2.71 bits per heavy atom. The Morgan fingerprint density at radius 1 is 1.33 bits per heavy atom. The molecule has 5 heteroatoms. The van der Waals surface area contributed by atoms with Crippen molar-refractivity contribution in [2.75, 3.05) is 19.7 Å². The van der Waals surface area contributed by atoms with Gasteiger partial charge in [0.1, 0.15) is 0 Å². The van der Waals surface area contributed by atoms with Gasteiger partial charge in [-0.15, -0.1) is 0 Å². The average Bonchev–Trinajstić information content (AvgIpc) is 2.46. The highest BCUT2D eigenvalue weighted by molar-refractivity contribution is 14.1. The first-order valence-electron chi connectivity index (χ1n) is 7.44. The highest BCUT2D eigenvalue weighted by atomic mass is 127. The lowest BCUT2D eigenvalue weighted by Crippen LogP contribution is -3.16. The summed E-state index contributed by atoms with van der Waals surface area (Å²) in [5.41, 5.74) is 0.643. The number of quaternary nitrogens is 1. The van der Waals surface area contributed by atoms with Crippen molar-refractivity contribution in [2.24, 2.45) is 0 Å². The van der Waals surface area contributed by atoms with E-state index in [0.29, 0.717) is 12.2 Å². The van der Waals surface area contributed by atoms with Gasteiger partial charge < -0.3 is 22.0 Å². The Balaban J connectivity index is 0.00000220. The molecular formula is C16H23ClINO2. The van der Waals surface area contributed by atoms with E-state index < -0.39 is 0 Å². The van der Waals surface area contributed by atoms with Gasteiger partial charge in [0, 0.05) is 9.99 Å². The predicted octanol–water partition coefficient (Wildman–Crippen LogP) is -0.701. The number of likely N-dealkylation sites (tertiary alicyclic amines) is 1. The van der Waals surface area contributed by atoms with Crippen molar-refractivity contribution in [2.45, 2.75) is 38.6 Å². The molecule has 1 aromatic carbocycles. The maximum Gasteiger partial charge on any atom is 0.338 e. The van der Waals surface area contributed by atoms with Gasteiger partial charge >= 0.3 is 5.97 Å². The van der Waals surface area contributed by atoms with E-state index >= 15 is 0 Å². The number of hydrogen-bond acceptors (Lipinski definition) is 2.